The van der Waals surface area contributed by atoms with Crippen LogP contribution in [0.5, 0.6) is 0 Å². The summed E-state index contributed by atoms with van der Waals surface area (Å²) in [6.45, 7) is 4.25. The summed E-state index contributed by atoms with van der Waals surface area (Å²) in [5.41, 5.74) is 1.73. The molecule has 0 aromatic heterocycles. The highest BCUT2D eigenvalue weighted by Gasteiger charge is 2.37. The molecule has 20 heavy (non-hydrogen) atoms. The normalized spacial score (nSPS) is 17.8. The molecule has 1 aliphatic rings. The molecule has 0 radical (unpaired) electrons. The molecule has 5 nitrogen and oxygen atoms in total. The van der Waals surface area contributed by atoms with Gasteiger partial charge in [-0.15, -0.1) is 0 Å². The molecule has 0 saturated carbocycles. The first-order valence-corrected chi connectivity index (χ1v) is 6.77. The summed E-state index contributed by atoms with van der Waals surface area (Å²) in [5, 5.41) is 9.51. The summed E-state index contributed by atoms with van der Waals surface area (Å²) in [6.07, 6.45) is 0.692. The van der Waals surface area contributed by atoms with Gasteiger partial charge in [-0.05, 0) is 31.4 Å². The fraction of sp³-hybridized carbons (Fsp3) is 0.467. The third-order valence-electron chi connectivity index (χ3n) is 3.84. The van der Waals surface area contributed by atoms with Crippen molar-refractivity contribution in [3.8, 4) is 0 Å². The van der Waals surface area contributed by atoms with E-state index in [9.17, 15) is 14.7 Å². The van der Waals surface area contributed by atoms with Gasteiger partial charge in [-0.25, -0.2) is 9.59 Å². The van der Waals surface area contributed by atoms with E-state index in [1.807, 2.05) is 32.0 Å². The maximum Gasteiger partial charge on any atom is 0.331 e. The number of amides is 2. The highest BCUT2D eigenvalue weighted by Crippen LogP contribution is 2.30. The fourth-order valence-electron chi connectivity index (χ4n) is 2.46. The molecule has 1 atom stereocenters. The minimum Gasteiger partial charge on any atom is -0.479 e. The van der Waals surface area contributed by atoms with E-state index in [0.29, 0.717) is 13.0 Å². The lowest BCUT2D eigenvalue weighted by molar-refractivity contribution is -0.143. The maximum absolute atomic E-state index is 12.5. The summed E-state index contributed by atoms with van der Waals surface area (Å²) in [7, 11) is 1.70. The standard InChI is InChI=1S/C15H20N2O3/c1-10(2)16(3)15(20)17-9-8-11-6-4-5-7-12(11)13(17)14(18)19/h4-7,10,13H,8-9H2,1-3H3,(H,18,19). The van der Waals surface area contributed by atoms with Crippen molar-refractivity contribution in [2.75, 3.05) is 13.6 Å². The molecule has 0 saturated heterocycles. The predicted molar refractivity (Wildman–Crippen MR) is 75.5 cm³/mol. The zero-order chi connectivity index (χ0) is 14.9. The van der Waals surface area contributed by atoms with Crippen LogP contribution in [-0.2, 0) is 11.2 Å². The average molecular weight is 276 g/mol. The molecular weight excluding hydrogens is 256 g/mol. The van der Waals surface area contributed by atoms with E-state index in [2.05, 4.69) is 0 Å². The van der Waals surface area contributed by atoms with E-state index in [4.69, 9.17) is 0 Å². The van der Waals surface area contributed by atoms with Gasteiger partial charge in [0, 0.05) is 19.6 Å². The molecule has 2 rings (SSSR count). The lowest BCUT2D eigenvalue weighted by Crippen LogP contribution is -2.50. The Balaban J connectivity index is 2.36. The van der Waals surface area contributed by atoms with Gasteiger partial charge >= 0.3 is 12.0 Å². The Morgan fingerprint density at radius 3 is 2.60 bits per heavy atom. The van der Waals surface area contributed by atoms with Gasteiger partial charge in [-0.2, -0.15) is 0 Å². The van der Waals surface area contributed by atoms with Gasteiger partial charge in [-0.3, -0.25) is 0 Å². The number of benzene rings is 1. The Hall–Kier alpha value is -2.04. The van der Waals surface area contributed by atoms with Crippen molar-refractivity contribution in [2.24, 2.45) is 0 Å². The SMILES string of the molecule is CC(C)N(C)C(=O)N1CCc2ccccc2C1C(=O)O. The van der Waals surface area contributed by atoms with Gasteiger partial charge in [0.1, 0.15) is 0 Å². The Morgan fingerprint density at radius 2 is 2.00 bits per heavy atom. The first kappa shape index (κ1) is 14.4. The summed E-state index contributed by atoms with van der Waals surface area (Å²) in [4.78, 5) is 27.1. The van der Waals surface area contributed by atoms with Crippen molar-refractivity contribution in [3.63, 3.8) is 0 Å². The predicted octanol–water partition coefficient (Wildman–Crippen LogP) is 2.13. The number of nitrogens with zero attached hydrogens (tertiary/aromatic N) is 2. The number of hydrogen-bond donors (Lipinski definition) is 1. The summed E-state index contributed by atoms with van der Waals surface area (Å²) in [5.74, 6) is -0.984. The average Bonchev–Trinajstić information content (AvgIpc) is 2.44. The molecule has 0 fully saturated rings. The van der Waals surface area contributed by atoms with Crippen LogP contribution in [0.4, 0.5) is 4.79 Å². The van der Waals surface area contributed by atoms with Crippen LogP contribution in [0.2, 0.25) is 0 Å². The van der Waals surface area contributed by atoms with Crippen molar-refractivity contribution in [2.45, 2.75) is 32.4 Å². The van der Waals surface area contributed by atoms with E-state index in [1.54, 1.807) is 18.0 Å². The molecule has 5 heteroatoms. The van der Waals surface area contributed by atoms with Crippen molar-refractivity contribution >= 4 is 12.0 Å². The second-order valence-corrected chi connectivity index (χ2v) is 5.37. The van der Waals surface area contributed by atoms with Gasteiger partial charge in [0.2, 0.25) is 0 Å². The Bertz CT molecular complexity index is 528. The zero-order valence-electron chi connectivity index (χ0n) is 12.0. The van der Waals surface area contributed by atoms with Crippen molar-refractivity contribution in [1.29, 1.82) is 0 Å². The smallest absolute Gasteiger partial charge is 0.331 e. The van der Waals surface area contributed by atoms with Crippen LogP contribution >= 0.6 is 0 Å². The van der Waals surface area contributed by atoms with E-state index in [-0.39, 0.29) is 12.1 Å². The molecule has 0 aliphatic carbocycles. The van der Waals surface area contributed by atoms with E-state index >= 15 is 0 Å². The van der Waals surface area contributed by atoms with Crippen molar-refractivity contribution < 1.29 is 14.7 Å². The number of hydrogen-bond acceptors (Lipinski definition) is 2. The van der Waals surface area contributed by atoms with Crippen molar-refractivity contribution in [1.82, 2.24) is 9.80 Å². The molecule has 1 aliphatic heterocycles. The van der Waals surface area contributed by atoms with Crippen LogP contribution in [0, 0.1) is 0 Å². The summed E-state index contributed by atoms with van der Waals surface area (Å²) in [6, 6.07) is 6.34. The van der Waals surface area contributed by atoms with Crippen LogP contribution in [0.25, 0.3) is 0 Å². The summed E-state index contributed by atoms with van der Waals surface area (Å²) < 4.78 is 0. The molecule has 0 spiro atoms. The van der Waals surface area contributed by atoms with Gasteiger partial charge in [0.15, 0.2) is 6.04 Å². The number of carboxylic acids is 1. The number of fused-ring (bicyclic) bond motifs is 1. The maximum atomic E-state index is 12.5. The van der Waals surface area contributed by atoms with Crippen LogP contribution in [0.1, 0.15) is 31.0 Å². The van der Waals surface area contributed by atoms with E-state index < -0.39 is 12.0 Å². The van der Waals surface area contributed by atoms with Gasteiger partial charge in [0.05, 0.1) is 0 Å². The molecule has 2 amide bonds. The van der Waals surface area contributed by atoms with Crippen LogP contribution in [-0.4, -0.2) is 46.5 Å². The third kappa shape index (κ3) is 2.48. The number of aliphatic carboxylic acids is 1. The van der Waals surface area contributed by atoms with Gasteiger partial charge in [0.25, 0.3) is 0 Å². The third-order valence-corrected chi connectivity index (χ3v) is 3.84. The monoisotopic (exact) mass is 276 g/mol. The second kappa shape index (κ2) is 5.53. The highest BCUT2D eigenvalue weighted by atomic mass is 16.4. The first-order chi connectivity index (χ1) is 9.43. The molecule has 1 aromatic carbocycles. The Morgan fingerprint density at radius 1 is 1.35 bits per heavy atom. The number of carboxylic acid groups (broad SMARTS) is 1. The molecule has 108 valence electrons. The lowest BCUT2D eigenvalue weighted by Gasteiger charge is -2.38. The fourth-order valence-corrected chi connectivity index (χ4v) is 2.46. The van der Waals surface area contributed by atoms with E-state index in [0.717, 1.165) is 11.1 Å². The summed E-state index contributed by atoms with van der Waals surface area (Å²) >= 11 is 0. The number of carbonyl (C=O) groups is 2. The minimum atomic E-state index is -0.984. The number of urea groups is 1. The number of rotatable bonds is 2. The van der Waals surface area contributed by atoms with Crippen LogP contribution in [0.3, 0.4) is 0 Å². The van der Waals surface area contributed by atoms with Crippen LogP contribution in [0.15, 0.2) is 24.3 Å². The quantitative estimate of drug-likeness (QED) is 0.900. The molecule has 1 unspecified atom stereocenters. The Kier molecular flexibility index (Phi) is 3.97. The largest absolute Gasteiger partial charge is 0.479 e. The number of carbonyl (C=O) groups excluding carboxylic acids is 1. The lowest BCUT2D eigenvalue weighted by atomic mass is 9.93. The molecule has 1 heterocycles. The van der Waals surface area contributed by atoms with E-state index in [1.165, 1.54) is 4.90 Å². The molecular formula is C15H20N2O3. The highest BCUT2D eigenvalue weighted by molar-refractivity contribution is 5.84. The molecule has 0 bridgehead atoms. The van der Waals surface area contributed by atoms with Gasteiger partial charge in [-0.1, -0.05) is 24.3 Å². The van der Waals surface area contributed by atoms with Crippen molar-refractivity contribution in [3.05, 3.63) is 35.4 Å². The minimum absolute atomic E-state index is 0.0362. The molecule has 1 N–H and O–H groups in total. The first-order valence-electron chi connectivity index (χ1n) is 6.77. The zero-order valence-corrected chi connectivity index (χ0v) is 12.0. The molecule has 1 aromatic rings. The van der Waals surface area contributed by atoms with Gasteiger partial charge < -0.3 is 14.9 Å². The second-order valence-electron chi connectivity index (χ2n) is 5.37. The Labute approximate surface area is 118 Å². The van der Waals surface area contributed by atoms with Crippen LogP contribution < -0.4 is 0 Å². The topological polar surface area (TPSA) is 60.9 Å².